The SMILES string of the molecule is CCOC(=O)N1CCN(C(=O)c2ccc(/C=C3\SC(=S)N(C)C3=O)cc2)CC1. The van der Waals surface area contributed by atoms with Crippen molar-refractivity contribution < 1.29 is 19.1 Å². The van der Waals surface area contributed by atoms with Crippen molar-refractivity contribution in [2.45, 2.75) is 6.92 Å². The molecule has 0 saturated carbocycles. The number of thiocarbonyl (C=S) groups is 1. The summed E-state index contributed by atoms with van der Waals surface area (Å²) in [4.78, 5) is 41.9. The molecule has 0 unspecified atom stereocenters. The summed E-state index contributed by atoms with van der Waals surface area (Å²) in [6.45, 7) is 3.97. The van der Waals surface area contributed by atoms with Crippen LogP contribution in [0.5, 0.6) is 0 Å². The fourth-order valence-corrected chi connectivity index (χ4v) is 4.09. The topological polar surface area (TPSA) is 70.2 Å². The van der Waals surface area contributed by atoms with Gasteiger partial charge in [-0.25, -0.2) is 4.79 Å². The summed E-state index contributed by atoms with van der Waals surface area (Å²) in [5.41, 5.74) is 1.41. The maximum atomic E-state index is 12.7. The molecule has 2 heterocycles. The number of rotatable bonds is 3. The fourth-order valence-electron chi connectivity index (χ4n) is 2.91. The molecule has 3 rings (SSSR count). The standard InChI is InChI=1S/C19H21N3O4S2/c1-3-26-18(25)22-10-8-21(9-11-22)16(23)14-6-4-13(5-7-14)12-15-17(24)20(2)19(27)28-15/h4-7,12H,3,8-11H2,1-2H3/b15-12-. The van der Waals surface area contributed by atoms with E-state index in [0.29, 0.717) is 47.6 Å². The van der Waals surface area contributed by atoms with E-state index < -0.39 is 0 Å². The summed E-state index contributed by atoms with van der Waals surface area (Å²) in [6.07, 6.45) is 1.44. The van der Waals surface area contributed by atoms with Crippen molar-refractivity contribution in [2.24, 2.45) is 0 Å². The molecule has 2 saturated heterocycles. The van der Waals surface area contributed by atoms with E-state index in [-0.39, 0.29) is 17.9 Å². The first kappa shape index (κ1) is 20.3. The van der Waals surface area contributed by atoms with Gasteiger partial charge in [0.05, 0.1) is 11.5 Å². The number of nitrogens with zero attached hydrogens (tertiary/aromatic N) is 3. The molecule has 0 radical (unpaired) electrons. The van der Waals surface area contributed by atoms with Crippen LogP contribution in [0.15, 0.2) is 29.2 Å². The molecular weight excluding hydrogens is 398 g/mol. The minimum absolute atomic E-state index is 0.0741. The first-order valence-electron chi connectivity index (χ1n) is 8.93. The molecule has 0 N–H and O–H groups in total. The Bertz CT molecular complexity index is 830. The van der Waals surface area contributed by atoms with Gasteiger partial charge in [0.1, 0.15) is 4.32 Å². The minimum atomic E-state index is -0.337. The van der Waals surface area contributed by atoms with Crippen LogP contribution in [0.2, 0.25) is 0 Å². The van der Waals surface area contributed by atoms with Crippen molar-refractivity contribution in [3.05, 3.63) is 40.3 Å². The van der Waals surface area contributed by atoms with Gasteiger partial charge in [-0.2, -0.15) is 0 Å². The van der Waals surface area contributed by atoms with Crippen LogP contribution in [0.3, 0.4) is 0 Å². The highest BCUT2D eigenvalue weighted by atomic mass is 32.2. The molecule has 0 spiro atoms. The van der Waals surface area contributed by atoms with Gasteiger partial charge >= 0.3 is 6.09 Å². The monoisotopic (exact) mass is 419 g/mol. The van der Waals surface area contributed by atoms with E-state index in [1.54, 1.807) is 42.0 Å². The van der Waals surface area contributed by atoms with Crippen molar-refractivity contribution in [2.75, 3.05) is 39.8 Å². The van der Waals surface area contributed by atoms with Crippen LogP contribution in [0, 0.1) is 0 Å². The second-order valence-electron chi connectivity index (χ2n) is 6.34. The van der Waals surface area contributed by atoms with Crippen LogP contribution in [0.25, 0.3) is 6.08 Å². The summed E-state index contributed by atoms with van der Waals surface area (Å²) in [5, 5.41) is 0. The van der Waals surface area contributed by atoms with Crippen LogP contribution in [0.1, 0.15) is 22.8 Å². The molecule has 9 heteroatoms. The molecule has 1 aromatic carbocycles. The second kappa shape index (κ2) is 8.74. The Morgan fingerprint density at radius 3 is 2.29 bits per heavy atom. The molecule has 28 heavy (non-hydrogen) atoms. The Morgan fingerprint density at radius 2 is 1.75 bits per heavy atom. The van der Waals surface area contributed by atoms with Crippen molar-refractivity contribution in [3.63, 3.8) is 0 Å². The Labute approximate surface area is 173 Å². The highest BCUT2D eigenvalue weighted by molar-refractivity contribution is 8.26. The van der Waals surface area contributed by atoms with E-state index in [2.05, 4.69) is 0 Å². The van der Waals surface area contributed by atoms with Crippen molar-refractivity contribution in [1.29, 1.82) is 0 Å². The van der Waals surface area contributed by atoms with Gasteiger partial charge in [0.25, 0.3) is 11.8 Å². The molecule has 2 aliphatic rings. The van der Waals surface area contributed by atoms with Crippen LogP contribution in [-0.4, -0.2) is 76.8 Å². The van der Waals surface area contributed by atoms with Gasteiger partial charge in [0, 0.05) is 38.8 Å². The molecule has 0 atom stereocenters. The highest BCUT2D eigenvalue weighted by Crippen LogP contribution is 2.31. The van der Waals surface area contributed by atoms with E-state index in [4.69, 9.17) is 17.0 Å². The number of ether oxygens (including phenoxy) is 1. The zero-order chi connectivity index (χ0) is 20.3. The summed E-state index contributed by atoms with van der Waals surface area (Å²) in [5.74, 6) is -0.190. The van der Waals surface area contributed by atoms with Crippen molar-refractivity contribution in [3.8, 4) is 0 Å². The quantitative estimate of drug-likeness (QED) is 0.554. The lowest BCUT2D eigenvalue weighted by Crippen LogP contribution is -2.50. The zero-order valence-corrected chi connectivity index (χ0v) is 17.3. The van der Waals surface area contributed by atoms with E-state index in [0.717, 1.165) is 5.56 Å². The molecule has 3 amide bonds. The van der Waals surface area contributed by atoms with E-state index in [1.807, 2.05) is 12.1 Å². The number of hydrogen-bond acceptors (Lipinski definition) is 6. The highest BCUT2D eigenvalue weighted by Gasteiger charge is 2.29. The first-order chi connectivity index (χ1) is 13.4. The van der Waals surface area contributed by atoms with Crippen LogP contribution >= 0.6 is 24.0 Å². The maximum absolute atomic E-state index is 12.7. The van der Waals surface area contributed by atoms with Crippen molar-refractivity contribution in [1.82, 2.24) is 14.7 Å². The van der Waals surface area contributed by atoms with Gasteiger partial charge in [-0.15, -0.1) is 0 Å². The molecule has 1 aromatic rings. The average Bonchev–Trinajstić information content (AvgIpc) is 2.95. The third-order valence-corrected chi connectivity index (χ3v) is 6.02. The molecule has 2 fully saturated rings. The van der Waals surface area contributed by atoms with Gasteiger partial charge < -0.3 is 14.5 Å². The summed E-state index contributed by atoms with van der Waals surface area (Å²) >= 11 is 6.39. The third-order valence-electron chi connectivity index (χ3n) is 4.53. The van der Waals surface area contributed by atoms with Crippen molar-refractivity contribution >= 4 is 52.3 Å². The molecular formula is C19H21N3O4S2. The predicted octanol–water partition coefficient (Wildman–Crippen LogP) is 2.43. The summed E-state index contributed by atoms with van der Waals surface area (Å²) < 4.78 is 5.52. The molecule has 0 aromatic heterocycles. The van der Waals surface area contributed by atoms with Crippen LogP contribution < -0.4 is 0 Å². The Kier molecular flexibility index (Phi) is 6.35. The first-order valence-corrected chi connectivity index (χ1v) is 10.2. The van der Waals surface area contributed by atoms with Crippen LogP contribution in [0.4, 0.5) is 4.79 Å². The lowest BCUT2D eigenvalue weighted by Gasteiger charge is -2.34. The van der Waals surface area contributed by atoms with Gasteiger partial charge in [0.15, 0.2) is 0 Å². The molecule has 7 nitrogen and oxygen atoms in total. The van der Waals surface area contributed by atoms with Gasteiger partial charge in [-0.1, -0.05) is 36.1 Å². The Balaban J connectivity index is 1.61. The number of carbonyl (C=O) groups excluding carboxylic acids is 3. The normalized spacial score (nSPS) is 18.8. The Morgan fingerprint density at radius 1 is 1.14 bits per heavy atom. The second-order valence-corrected chi connectivity index (χ2v) is 8.02. The Hall–Kier alpha value is -2.39. The average molecular weight is 420 g/mol. The van der Waals surface area contributed by atoms with E-state index >= 15 is 0 Å². The lowest BCUT2D eigenvalue weighted by molar-refractivity contribution is -0.121. The summed E-state index contributed by atoms with van der Waals surface area (Å²) in [6, 6.07) is 7.12. The third kappa shape index (κ3) is 4.36. The number of piperazine rings is 1. The number of carbonyl (C=O) groups is 3. The van der Waals surface area contributed by atoms with Gasteiger partial charge in [-0.3, -0.25) is 14.5 Å². The maximum Gasteiger partial charge on any atom is 0.409 e. The zero-order valence-electron chi connectivity index (χ0n) is 15.7. The van der Waals surface area contributed by atoms with Gasteiger partial charge in [-0.05, 0) is 30.7 Å². The molecule has 148 valence electrons. The van der Waals surface area contributed by atoms with E-state index in [9.17, 15) is 14.4 Å². The number of likely N-dealkylation sites (N-methyl/N-ethyl adjacent to an activating group) is 1. The van der Waals surface area contributed by atoms with E-state index in [1.165, 1.54) is 16.7 Å². The number of benzene rings is 1. The number of thioether (sulfide) groups is 1. The lowest BCUT2D eigenvalue weighted by atomic mass is 10.1. The predicted molar refractivity (Wildman–Crippen MR) is 112 cm³/mol. The largest absolute Gasteiger partial charge is 0.450 e. The molecule has 0 aliphatic carbocycles. The van der Waals surface area contributed by atoms with Gasteiger partial charge in [0.2, 0.25) is 0 Å². The fraction of sp³-hybridized carbons (Fsp3) is 0.368. The smallest absolute Gasteiger partial charge is 0.409 e. The molecule has 2 aliphatic heterocycles. The van der Waals surface area contributed by atoms with Crippen LogP contribution in [-0.2, 0) is 9.53 Å². The number of hydrogen-bond donors (Lipinski definition) is 0. The minimum Gasteiger partial charge on any atom is -0.450 e. The molecule has 0 bridgehead atoms. The number of amides is 3. The summed E-state index contributed by atoms with van der Waals surface area (Å²) in [7, 11) is 1.65.